The number of carbonyl (C=O) groups excluding carboxylic acids is 1. The van der Waals surface area contributed by atoms with E-state index in [1.54, 1.807) is 16.8 Å². The summed E-state index contributed by atoms with van der Waals surface area (Å²) in [5, 5.41) is 8.61. The van der Waals surface area contributed by atoms with Crippen molar-refractivity contribution in [3.8, 4) is 11.5 Å². The minimum atomic E-state index is -0.211. The maximum absolute atomic E-state index is 12.6. The summed E-state index contributed by atoms with van der Waals surface area (Å²) in [5.74, 6) is 0.981. The number of anilines is 1. The lowest BCUT2D eigenvalue weighted by atomic mass is 10.2. The van der Waals surface area contributed by atoms with Gasteiger partial charge >= 0.3 is 0 Å². The molecule has 0 radical (unpaired) electrons. The topological polar surface area (TPSA) is 65.4 Å². The Hall–Kier alpha value is -2.25. The van der Waals surface area contributed by atoms with E-state index in [2.05, 4.69) is 10.4 Å². The minimum absolute atomic E-state index is 0.211. The third-order valence-corrected chi connectivity index (χ3v) is 5.52. The average Bonchev–Trinajstić information content (AvgIpc) is 3.04. The highest BCUT2D eigenvalue weighted by Gasteiger charge is 2.19. The molecule has 0 spiro atoms. The van der Waals surface area contributed by atoms with Crippen LogP contribution in [-0.4, -0.2) is 28.9 Å². The van der Waals surface area contributed by atoms with E-state index in [0.717, 1.165) is 22.3 Å². The molecule has 130 valence electrons. The van der Waals surface area contributed by atoms with Gasteiger partial charge in [0.2, 0.25) is 0 Å². The summed E-state index contributed by atoms with van der Waals surface area (Å²) in [7, 11) is 1.87. The lowest BCUT2D eigenvalue weighted by Gasteiger charge is -2.12. The van der Waals surface area contributed by atoms with Gasteiger partial charge in [0.05, 0.1) is 34.5 Å². The SMILES string of the molecule is Cc1nn(C)c2sc(C(=O)Nc3cc4c(cc3Cl)OCCCO4)cc12. The Morgan fingerprint density at radius 3 is 2.72 bits per heavy atom. The molecule has 6 nitrogen and oxygen atoms in total. The molecule has 0 fully saturated rings. The lowest BCUT2D eigenvalue weighted by molar-refractivity contribution is 0.103. The molecule has 1 aliphatic heterocycles. The monoisotopic (exact) mass is 377 g/mol. The molecule has 2 aromatic heterocycles. The van der Waals surface area contributed by atoms with Crippen molar-refractivity contribution < 1.29 is 14.3 Å². The number of nitrogens with one attached hydrogen (secondary N) is 1. The van der Waals surface area contributed by atoms with Gasteiger partial charge < -0.3 is 14.8 Å². The van der Waals surface area contributed by atoms with Gasteiger partial charge in [-0.2, -0.15) is 5.10 Å². The number of benzene rings is 1. The number of aryl methyl sites for hydroxylation is 2. The molecule has 0 atom stereocenters. The fraction of sp³-hybridized carbons (Fsp3) is 0.294. The molecule has 3 aromatic rings. The molecule has 1 N–H and O–H groups in total. The summed E-state index contributed by atoms with van der Waals surface area (Å²) in [6, 6.07) is 5.24. The number of hydrogen-bond donors (Lipinski definition) is 1. The van der Waals surface area contributed by atoms with Gasteiger partial charge in [-0.05, 0) is 13.0 Å². The molecule has 3 heterocycles. The van der Waals surface area contributed by atoms with Crippen molar-refractivity contribution in [3.63, 3.8) is 0 Å². The highest BCUT2D eigenvalue weighted by molar-refractivity contribution is 7.20. The average molecular weight is 378 g/mol. The molecule has 0 saturated carbocycles. The summed E-state index contributed by atoms with van der Waals surface area (Å²) in [5.41, 5.74) is 1.41. The predicted molar refractivity (Wildman–Crippen MR) is 98.3 cm³/mol. The molecule has 4 rings (SSSR count). The lowest BCUT2D eigenvalue weighted by Crippen LogP contribution is -2.11. The highest BCUT2D eigenvalue weighted by Crippen LogP contribution is 2.38. The number of halogens is 1. The molecule has 0 unspecified atom stereocenters. The Morgan fingerprint density at radius 2 is 2.00 bits per heavy atom. The van der Waals surface area contributed by atoms with Crippen LogP contribution in [0.15, 0.2) is 18.2 Å². The summed E-state index contributed by atoms with van der Waals surface area (Å²) >= 11 is 7.69. The van der Waals surface area contributed by atoms with Gasteiger partial charge in [-0.25, -0.2) is 0 Å². The quantitative estimate of drug-likeness (QED) is 0.732. The van der Waals surface area contributed by atoms with Crippen LogP contribution >= 0.6 is 22.9 Å². The van der Waals surface area contributed by atoms with Gasteiger partial charge in [0.15, 0.2) is 11.5 Å². The highest BCUT2D eigenvalue weighted by atomic mass is 35.5. The second kappa shape index (κ2) is 6.24. The Kier molecular flexibility index (Phi) is 4.05. The van der Waals surface area contributed by atoms with Crippen molar-refractivity contribution in [2.75, 3.05) is 18.5 Å². The molecule has 1 aliphatic rings. The van der Waals surface area contributed by atoms with Gasteiger partial charge in [-0.3, -0.25) is 9.48 Å². The zero-order valence-corrected chi connectivity index (χ0v) is 15.3. The zero-order valence-electron chi connectivity index (χ0n) is 13.8. The van der Waals surface area contributed by atoms with E-state index in [0.29, 0.717) is 40.3 Å². The smallest absolute Gasteiger partial charge is 0.265 e. The van der Waals surface area contributed by atoms with Crippen LogP contribution in [0.2, 0.25) is 5.02 Å². The molecule has 1 aromatic carbocycles. The predicted octanol–water partition coefficient (Wildman–Crippen LogP) is 4.01. The van der Waals surface area contributed by atoms with Crippen LogP contribution in [-0.2, 0) is 7.05 Å². The van der Waals surface area contributed by atoms with Crippen molar-refractivity contribution in [2.45, 2.75) is 13.3 Å². The summed E-state index contributed by atoms with van der Waals surface area (Å²) in [6.07, 6.45) is 0.809. The van der Waals surface area contributed by atoms with Crippen LogP contribution < -0.4 is 14.8 Å². The first-order valence-corrected chi connectivity index (χ1v) is 9.06. The number of carbonyl (C=O) groups is 1. The van der Waals surface area contributed by atoms with E-state index in [1.807, 2.05) is 20.0 Å². The van der Waals surface area contributed by atoms with E-state index >= 15 is 0 Å². The van der Waals surface area contributed by atoms with Crippen LogP contribution in [0.25, 0.3) is 10.2 Å². The third kappa shape index (κ3) is 2.94. The Bertz CT molecular complexity index is 945. The molecule has 8 heteroatoms. The van der Waals surface area contributed by atoms with Crippen LogP contribution in [0.3, 0.4) is 0 Å². The normalized spacial score (nSPS) is 13.7. The van der Waals surface area contributed by atoms with Gasteiger partial charge in [-0.15, -0.1) is 11.3 Å². The number of aromatic nitrogens is 2. The number of hydrogen-bond acceptors (Lipinski definition) is 5. The van der Waals surface area contributed by atoms with Crippen LogP contribution in [0.4, 0.5) is 5.69 Å². The second-order valence-electron chi connectivity index (χ2n) is 5.82. The molecular weight excluding hydrogens is 362 g/mol. The van der Waals surface area contributed by atoms with Crippen molar-refractivity contribution in [1.29, 1.82) is 0 Å². The molecular formula is C17H16ClN3O3S. The first-order chi connectivity index (χ1) is 12.0. The summed E-state index contributed by atoms with van der Waals surface area (Å²) in [6.45, 7) is 3.09. The van der Waals surface area contributed by atoms with E-state index in [-0.39, 0.29) is 5.91 Å². The number of fused-ring (bicyclic) bond motifs is 2. The molecule has 0 bridgehead atoms. The van der Waals surface area contributed by atoms with Crippen LogP contribution in [0, 0.1) is 6.92 Å². The number of nitrogens with zero attached hydrogens (tertiary/aromatic N) is 2. The van der Waals surface area contributed by atoms with Crippen LogP contribution in [0.1, 0.15) is 21.8 Å². The van der Waals surface area contributed by atoms with Crippen LogP contribution in [0.5, 0.6) is 11.5 Å². The third-order valence-electron chi connectivity index (χ3n) is 4.01. The van der Waals surface area contributed by atoms with E-state index < -0.39 is 0 Å². The standard InChI is InChI=1S/C17H16ClN3O3S/c1-9-10-6-15(25-17(10)21(2)20-9)16(22)19-12-8-14-13(7-11(12)18)23-4-3-5-24-14/h6-8H,3-5H2,1-2H3,(H,19,22). The molecule has 25 heavy (non-hydrogen) atoms. The fourth-order valence-electron chi connectivity index (χ4n) is 2.78. The van der Waals surface area contributed by atoms with Crippen molar-refractivity contribution in [3.05, 3.63) is 33.8 Å². The largest absolute Gasteiger partial charge is 0.490 e. The molecule has 0 aliphatic carbocycles. The van der Waals surface area contributed by atoms with E-state index in [4.69, 9.17) is 21.1 Å². The molecule has 1 amide bonds. The van der Waals surface area contributed by atoms with Gasteiger partial charge in [0.1, 0.15) is 4.83 Å². The Balaban J connectivity index is 1.63. The molecule has 0 saturated heterocycles. The summed E-state index contributed by atoms with van der Waals surface area (Å²) in [4.78, 5) is 14.2. The fourth-order valence-corrected chi connectivity index (χ4v) is 4.00. The maximum Gasteiger partial charge on any atom is 0.265 e. The van der Waals surface area contributed by atoms with Crippen molar-refractivity contribution in [1.82, 2.24) is 9.78 Å². The minimum Gasteiger partial charge on any atom is -0.490 e. The van der Waals surface area contributed by atoms with Gasteiger partial charge in [0, 0.05) is 31.0 Å². The van der Waals surface area contributed by atoms with Gasteiger partial charge in [0.25, 0.3) is 5.91 Å². The summed E-state index contributed by atoms with van der Waals surface area (Å²) < 4.78 is 13.0. The number of ether oxygens (including phenoxy) is 2. The number of rotatable bonds is 2. The van der Waals surface area contributed by atoms with Crippen molar-refractivity contribution in [2.24, 2.45) is 7.05 Å². The Labute approximate surface area is 153 Å². The maximum atomic E-state index is 12.6. The van der Waals surface area contributed by atoms with Crippen molar-refractivity contribution >= 4 is 44.7 Å². The van der Waals surface area contributed by atoms with E-state index in [9.17, 15) is 4.79 Å². The first kappa shape index (κ1) is 16.2. The number of amides is 1. The Morgan fingerprint density at radius 1 is 1.28 bits per heavy atom. The van der Waals surface area contributed by atoms with Gasteiger partial charge in [-0.1, -0.05) is 11.6 Å². The second-order valence-corrected chi connectivity index (χ2v) is 7.26. The zero-order chi connectivity index (χ0) is 17.6. The van der Waals surface area contributed by atoms with E-state index in [1.165, 1.54) is 11.3 Å². The first-order valence-electron chi connectivity index (χ1n) is 7.86. The number of thiophene rings is 1.